The van der Waals surface area contributed by atoms with Gasteiger partial charge in [0, 0.05) is 3.57 Å². The third-order valence-corrected chi connectivity index (χ3v) is 3.32. The van der Waals surface area contributed by atoms with E-state index in [9.17, 15) is 13.6 Å². The maximum absolute atomic E-state index is 13.8. The lowest BCUT2D eigenvalue weighted by Crippen LogP contribution is -2.27. The van der Waals surface area contributed by atoms with E-state index in [2.05, 4.69) is 21.2 Å². The van der Waals surface area contributed by atoms with E-state index in [1.54, 1.807) is 43.4 Å². The van der Waals surface area contributed by atoms with Crippen LogP contribution in [0.25, 0.3) is 0 Å². The van der Waals surface area contributed by atoms with Crippen LogP contribution in [0.1, 0.15) is 20.8 Å². The Balaban J connectivity index is 2.99. The van der Waals surface area contributed by atoms with E-state index < -0.39 is 23.3 Å². The van der Waals surface area contributed by atoms with Crippen LogP contribution in [0.3, 0.4) is 0 Å². The first-order valence-electron chi connectivity index (χ1n) is 4.95. The quantitative estimate of drug-likeness (QED) is 0.396. The SMILES string of the molecule is CC(C)(C)OC(=O)Nc1c(I)cc(F)c(Br)c1F. The second-order valence-electron chi connectivity index (χ2n) is 4.47. The fourth-order valence-electron chi connectivity index (χ4n) is 1.09. The molecular formula is C11H11BrF2INO2. The highest BCUT2D eigenvalue weighted by Gasteiger charge is 2.21. The molecule has 1 N–H and O–H groups in total. The van der Waals surface area contributed by atoms with Crippen molar-refractivity contribution in [2.24, 2.45) is 0 Å². The summed E-state index contributed by atoms with van der Waals surface area (Å²) in [7, 11) is 0. The molecule has 0 bridgehead atoms. The number of ether oxygens (including phenoxy) is 1. The van der Waals surface area contributed by atoms with E-state index in [4.69, 9.17) is 4.74 Å². The number of hydrogen-bond acceptors (Lipinski definition) is 2. The molecule has 3 nitrogen and oxygen atoms in total. The predicted octanol–water partition coefficient (Wildman–Crippen LogP) is 4.68. The fraction of sp³-hybridized carbons (Fsp3) is 0.364. The van der Waals surface area contributed by atoms with Gasteiger partial charge in [0.2, 0.25) is 0 Å². The Hall–Kier alpha value is -0.440. The van der Waals surface area contributed by atoms with Crippen LogP contribution in [0, 0.1) is 15.2 Å². The average Bonchev–Trinajstić information content (AvgIpc) is 2.19. The molecule has 1 aromatic rings. The minimum atomic E-state index is -0.870. The van der Waals surface area contributed by atoms with Gasteiger partial charge in [-0.1, -0.05) is 0 Å². The monoisotopic (exact) mass is 433 g/mol. The van der Waals surface area contributed by atoms with Gasteiger partial charge < -0.3 is 4.74 Å². The van der Waals surface area contributed by atoms with Crippen LogP contribution in [0.2, 0.25) is 0 Å². The first-order chi connectivity index (χ1) is 8.11. The van der Waals surface area contributed by atoms with Crippen LogP contribution in [-0.4, -0.2) is 11.7 Å². The molecular weight excluding hydrogens is 423 g/mol. The smallest absolute Gasteiger partial charge is 0.412 e. The molecule has 0 spiro atoms. The summed E-state index contributed by atoms with van der Waals surface area (Å²) in [4.78, 5) is 11.5. The van der Waals surface area contributed by atoms with Crippen LogP contribution in [0.15, 0.2) is 10.5 Å². The first-order valence-corrected chi connectivity index (χ1v) is 6.82. The van der Waals surface area contributed by atoms with E-state index in [-0.39, 0.29) is 13.7 Å². The summed E-state index contributed by atoms with van der Waals surface area (Å²) < 4.78 is 31.9. The third-order valence-electron chi connectivity index (χ3n) is 1.74. The number of rotatable bonds is 1. The molecule has 0 aliphatic carbocycles. The minimum Gasteiger partial charge on any atom is -0.444 e. The van der Waals surface area contributed by atoms with Gasteiger partial charge in [0.05, 0.1) is 10.2 Å². The Morgan fingerprint density at radius 3 is 2.50 bits per heavy atom. The number of carbonyl (C=O) groups excluding carboxylic acids is 1. The van der Waals surface area contributed by atoms with Gasteiger partial charge in [-0.15, -0.1) is 0 Å². The number of benzene rings is 1. The maximum atomic E-state index is 13.8. The Morgan fingerprint density at radius 2 is 2.00 bits per heavy atom. The van der Waals surface area contributed by atoms with Crippen molar-refractivity contribution >= 4 is 50.3 Å². The highest BCUT2D eigenvalue weighted by atomic mass is 127. The van der Waals surface area contributed by atoms with Crippen molar-refractivity contribution in [3.8, 4) is 0 Å². The summed E-state index contributed by atoms with van der Waals surface area (Å²) >= 11 is 4.50. The molecule has 0 aromatic heterocycles. The molecule has 0 fully saturated rings. The van der Waals surface area contributed by atoms with Gasteiger partial charge in [-0.05, 0) is 65.4 Å². The summed E-state index contributed by atoms with van der Waals surface area (Å²) in [6.07, 6.45) is -0.794. The fourth-order valence-corrected chi connectivity index (χ4v) is 2.04. The highest BCUT2D eigenvalue weighted by molar-refractivity contribution is 14.1. The topological polar surface area (TPSA) is 38.3 Å². The van der Waals surface area contributed by atoms with Crippen LogP contribution in [0.5, 0.6) is 0 Å². The Bertz CT molecular complexity index is 489. The van der Waals surface area contributed by atoms with Gasteiger partial charge in [0.25, 0.3) is 0 Å². The van der Waals surface area contributed by atoms with Crippen molar-refractivity contribution in [1.29, 1.82) is 0 Å². The summed E-state index contributed by atoms with van der Waals surface area (Å²) in [5.41, 5.74) is -0.804. The van der Waals surface area contributed by atoms with Gasteiger partial charge in [0.1, 0.15) is 11.4 Å². The molecule has 7 heteroatoms. The van der Waals surface area contributed by atoms with Crippen LogP contribution < -0.4 is 5.32 Å². The molecule has 18 heavy (non-hydrogen) atoms. The number of anilines is 1. The molecule has 1 aromatic carbocycles. The number of hydrogen-bond donors (Lipinski definition) is 1. The number of amides is 1. The van der Waals surface area contributed by atoms with Gasteiger partial charge >= 0.3 is 6.09 Å². The number of halogens is 4. The zero-order chi connectivity index (χ0) is 14.1. The standard InChI is InChI=1S/C11H11BrF2INO2/c1-11(2,3)18-10(17)16-9-6(15)4-5(13)7(12)8(9)14/h4H,1-3H3,(H,16,17). The lowest BCUT2D eigenvalue weighted by Gasteiger charge is -2.20. The van der Waals surface area contributed by atoms with Gasteiger partial charge in [0.15, 0.2) is 5.82 Å². The van der Waals surface area contributed by atoms with Crippen molar-refractivity contribution in [3.05, 3.63) is 25.7 Å². The molecule has 100 valence electrons. The predicted molar refractivity (Wildman–Crippen MR) is 76.6 cm³/mol. The second kappa shape index (κ2) is 5.68. The molecule has 0 aliphatic rings. The molecule has 0 aliphatic heterocycles. The lowest BCUT2D eigenvalue weighted by atomic mass is 10.2. The third kappa shape index (κ3) is 4.04. The average molecular weight is 434 g/mol. The second-order valence-corrected chi connectivity index (χ2v) is 6.43. The Morgan fingerprint density at radius 1 is 1.44 bits per heavy atom. The molecule has 1 rings (SSSR count). The highest BCUT2D eigenvalue weighted by Crippen LogP contribution is 2.31. The molecule has 0 saturated heterocycles. The zero-order valence-corrected chi connectivity index (χ0v) is 13.6. The molecule has 1 amide bonds. The van der Waals surface area contributed by atoms with Crippen molar-refractivity contribution < 1.29 is 18.3 Å². The van der Waals surface area contributed by atoms with Gasteiger partial charge in [-0.2, -0.15) is 0 Å². The van der Waals surface area contributed by atoms with E-state index in [1.807, 2.05) is 0 Å². The number of carbonyl (C=O) groups is 1. The number of nitrogens with one attached hydrogen (secondary N) is 1. The van der Waals surface area contributed by atoms with E-state index in [0.717, 1.165) is 6.07 Å². The van der Waals surface area contributed by atoms with Crippen LogP contribution in [-0.2, 0) is 4.74 Å². The molecule has 0 heterocycles. The Kier molecular flexibility index (Phi) is 4.93. The lowest BCUT2D eigenvalue weighted by molar-refractivity contribution is 0.0635. The largest absolute Gasteiger partial charge is 0.444 e. The minimum absolute atomic E-state index is 0.113. The summed E-state index contributed by atoms with van der Waals surface area (Å²) in [5, 5.41) is 2.26. The van der Waals surface area contributed by atoms with Crippen LogP contribution in [0.4, 0.5) is 19.3 Å². The maximum Gasteiger partial charge on any atom is 0.412 e. The summed E-state index contributed by atoms with van der Waals surface area (Å²) in [6.45, 7) is 5.07. The zero-order valence-electron chi connectivity index (χ0n) is 9.91. The van der Waals surface area contributed by atoms with Gasteiger partial charge in [-0.25, -0.2) is 13.6 Å². The normalized spacial score (nSPS) is 11.3. The van der Waals surface area contributed by atoms with Crippen molar-refractivity contribution in [3.63, 3.8) is 0 Å². The van der Waals surface area contributed by atoms with Crippen LogP contribution >= 0.6 is 38.5 Å². The summed E-state index contributed by atoms with van der Waals surface area (Å²) in [6, 6.07) is 1.11. The molecule has 0 saturated carbocycles. The molecule has 0 unspecified atom stereocenters. The first kappa shape index (κ1) is 15.6. The van der Waals surface area contributed by atoms with Crippen molar-refractivity contribution in [2.75, 3.05) is 5.32 Å². The van der Waals surface area contributed by atoms with E-state index in [1.165, 1.54) is 0 Å². The van der Waals surface area contributed by atoms with E-state index >= 15 is 0 Å². The van der Waals surface area contributed by atoms with Crippen molar-refractivity contribution in [2.45, 2.75) is 26.4 Å². The molecule has 0 atom stereocenters. The Labute approximate surface area is 126 Å². The summed E-state index contributed by atoms with van der Waals surface area (Å²) in [5.74, 6) is -1.60. The van der Waals surface area contributed by atoms with E-state index in [0.29, 0.717) is 0 Å². The molecule has 0 radical (unpaired) electrons. The van der Waals surface area contributed by atoms with Crippen molar-refractivity contribution in [1.82, 2.24) is 0 Å². The van der Waals surface area contributed by atoms with Gasteiger partial charge in [-0.3, -0.25) is 5.32 Å².